The Kier molecular flexibility index (Phi) is 5.57. The van der Waals surface area contributed by atoms with E-state index in [0.717, 1.165) is 0 Å². The number of halogens is 3. The fraction of sp³-hybridized carbons (Fsp3) is 0.889. The largest absolute Gasteiger partial charge is 0.481 e. The van der Waals surface area contributed by atoms with E-state index < -0.39 is 24.5 Å². The zero-order chi connectivity index (χ0) is 11.2. The van der Waals surface area contributed by atoms with Crippen molar-refractivity contribution < 1.29 is 23.1 Å². The molecule has 0 aliphatic heterocycles. The van der Waals surface area contributed by atoms with E-state index in [1.165, 1.54) is 0 Å². The van der Waals surface area contributed by atoms with Crippen LogP contribution in [0.15, 0.2) is 0 Å². The Morgan fingerprint density at radius 3 is 2.29 bits per heavy atom. The third-order valence-electron chi connectivity index (χ3n) is 2.08. The Bertz CT molecular complexity index is 177. The number of hydrogen-bond donors (Lipinski definition) is 1. The molecule has 0 fully saturated rings. The zero-order valence-corrected chi connectivity index (χ0v) is 8.10. The number of alkyl halides is 3. The standard InChI is InChI=1S/C9H15F3O2/c1-2-3-4-7(9(10,11)12)5-6-8(13)14/h7H,2-6H2,1H3,(H,13,14). The summed E-state index contributed by atoms with van der Waals surface area (Å²) in [6, 6.07) is 0. The normalized spacial score (nSPS) is 14.0. The minimum Gasteiger partial charge on any atom is -0.481 e. The van der Waals surface area contributed by atoms with Gasteiger partial charge in [-0.15, -0.1) is 0 Å². The van der Waals surface area contributed by atoms with Crippen LogP contribution in [0, 0.1) is 5.92 Å². The zero-order valence-electron chi connectivity index (χ0n) is 8.10. The second-order valence-corrected chi connectivity index (χ2v) is 3.31. The van der Waals surface area contributed by atoms with E-state index in [1.807, 2.05) is 6.92 Å². The van der Waals surface area contributed by atoms with E-state index >= 15 is 0 Å². The average Bonchev–Trinajstić information content (AvgIpc) is 2.01. The Morgan fingerprint density at radius 1 is 1.36 bits per heavy atom. The summed E-state index contributed by atoms with van der Waals surface area (Å²) in [7, 11) is 0. The van der Waals surface area contributed by atoms with Crippen LogP contribution in [0.25, 0.3) is 0 Å². The number of rotatable bonds is 6. The van der Waals surface area contributed by atoms with Gasteiger partial charge < -0.3 is 5.11 Å². The van der Waals surface area contributed by atoms with Gasteiger partial charge in [0.2, 0.25) is 0 Å². The molecule has 0 saturated heterocycles. The van der Waals surface area contributed by atoms with E-state index in [0.29, 0.717) is 12.8 Å². The topological polar surface area (TPSA) is 37.3 Å². The van der Waals surface area contributed by atoms with Gasteiger partial charge in [-0.05, 0) is 12.8 Å². The first kappa shape index (κ1) is 13.3. The van der Waals surface area contributed by atoms with Gasteiger partial charge in [0.1, 0.15) is 0 Å². The molecule has 0 aromatic carbocycles. The van der Waals surface area contributed by atoms with Gasteiger partial charge in [0.25, 0.3) is 0 Å². The van der Waals surface area contributed by atoms with Crippen molar-refractivity contribution >= 4 is 5.97 Å². The van der Waals surface area contributed by atoms with Gasteiger partial charge in [-0.25, -0.2) is 0 Å². The van der Waals surface area contributed by atoms with Crippen molar-refractivity contribution in [3.63, 3.8) is 0 Å². The number of carboxylic acid groups (broad SMARTS) is 1. The Balaban J connectivity index is 4.04. The molecule has 0 aromatic heterocycles. The van der Waals surface area contributed by atoms with Crippen LogP contribution in [0.1, 0.15) is 39.0 Å². The lowest BCUT2D eigenvalue weighted by molar-refractivity contribution is -0.179. The van der Waals surface area contributed by atoms with E-state index in [1.54, 1.807) is 0 Å². The van der Waals surface area contributed by atoms with Gasteiger partial charge in [0.15, 0.2) is 0 Å². The predicted molar refractivity (Wildman–Crippen MR) is 45.9 cm³/mol. The van der Waals surface area contributed by atoms with Gasteiger partial charge >= 0.3 is 12.1 Å². The molecule has 0 spiro atoms. The molecule has 0 aliphatic carbocycles. The first-order valence-electron chi connectivity index (χ1n) is 4.66. The highest BCUT2D eigenvalue weighted by Crippen LogP contribution is 2.33. The summed E-state index contributed by atoms with van der Waals surface area (Å²) in [5, 5.41) is 8.29. The van der Waals surface area contributed by atoms with Gasteiger partial charge in [-0.2, -0.15) is 13.2 Å². The van der Waals surface area contributed by atoms with E-state index in [2.05, 4.69) is 0 Å². The van der Waals surface area contributed by atoms with Crippen molar-refractivity contribution in [3.8, 4) is 0 Å². The maximum atomic E-state index is 12.3. The molecule has 0 heterocycles. The summed E-state index contributed by atoms with van der Waals surface area (Å²) < 4.78 is 36.9. The molecule has 0 aliphatic rings. The van der Waals surface area contributed by atoms with Crippen LogP contribution in [-0.2, 0) is 4.79 Å². The van der Waals surface area contributed by atoms with Crippen molar-refractivity contribution in [2.24, 2.45) is 5.92 Å². The van der Waals surface area contributed by atoms with Crippen LogP contribution >= 0.6 is 0 Å². The minimum atomic E-state index is -4.26. The van der Waals surface area contributed by atoms with Crippen LogP contribution in [0.4, 0.5) is 13.2 Å². The second-order valence-electron chi connectivity index (χ2n) is 3.31. The molecule has 0 bridgehead atoms. The summed E-state index contributed by atoms with van der Waals surface area (Å²) in [6.07, 6.45) is -3.76. The number of carbonyl (C=O) groups is 1. The smallest absolute Gasteiger partial charge is 0.391 e. The first-order valence-corrected chi connectivity index (χ1v) is 4.66. The molecule has 1 unspecified atom stereocenters. The van der Waals surface area contributed by atoms with Gasteiger partial charge in [0.05, 0.1) is 5.92 Å². The van der Waals surface area contributed by atoms with Gasteiger partial charge in [0, 0.05) is 6.42 Å². The Hall–Kier alpha value is -0.740. The fourth-order valence-corrected chi connectivity index (χ4v) is 1.22. The fourth-order valence-electron chi connectivity index (χ4n) is 1.22. The lowest BCUT2D eigenvalue weighted by Gasteiger charge is -2.18. The van der Waals surface area contributed by atoms with Crippen molar-refractivity contribution in [1.82, 2.24) is 0 Å². The third kappa shape index (κ3) is 5.83. The molecule has 84 valence electrons. The van der Waals surface area contributed by atoms with Crippen LogP contribution in [0.5, 0.6) is 0 Å². The highest BCUT2D eigenvalue weighted by molar-refractivity contribution is 5.66. The predicted octanol–water partition coefficient (Wildman–Crippen LogP) is 3.22. The molecule has 1 atom stereocenters. The Labute approximate surface area is 81.1 Å². The summed E-state index contributed by atoms with van der Waals surface area (Å²) in [6.45, 7) is 1.81. The van der Waals surface area contributed by atoms with Crippen LogP contribution in [0.2, 0.25) is 0 Å². The third-order valence-corrected chi connectivity index (χ3v) is 2.08. The summed E-state index contributed by atoms with van der Waals surface area (Å²) >= 11 is 0. The van der Waals surface area contributed by atoms with Crippen molar-refractivity contribution in [2.45, 2.75) is 45.2 Å². The van der Waals surface area contributed by atoms with Crippen molar-refractivity contribution in [3.05, 3.63) is 0 Å². The number of aliphatic carboxylic acids is 1. The minimum absolute atomic E-state index is 0.0350. The molecule has 0 saturated carbocycles. The van der Waals surface area contributed by atoms with Crippen LogP contribution in [0.3, 0.4) is 0 Å². The SMILES string of the molecule is CCCCC(CCC(=O)O)C(F)(F)F. The molecular weight excluding hydrogens is 197 g/mol. The van der Waals surface area contributed by atoms with Gasteiger partial charge in [-0.3, -0.25) is 4.79 Å². The van der Waals surface area contributed by atoms with E-state index in [-0.39, 0.29) is 12.8 Å². The van der Waals surface area contributed by atoms with E-state index in [4.69, 9.17) is 5.11 Å². The first-order chi connectivity index (χ1) is 6.38. The van der Waals surface area contributed by atoms with Crippen LogP contribution < -0.4 is 0 Å². The Morgan fingerprint density at radius 2 is 1.93 bits per heavy atom. The molecule has 2 nitrogen and oxygen atoms in total. The molecule has 0 radical (unpaired) electrons. The summed E-state index contributed by atoms with van der Waals surface area (Å²) in [4.78, 5) is 10.1. The summed E-state index contributed by atoms with van der Waals surface area (Å²) in [5.74, 6) is -2.63. The monoisotopic (exact) mass is 212 g/mol. The number of unbranched alkanes of at least 4 members (excludes halogenated alkanes) is 1. The molecule has 5 heteroatoms. The maximum absolute atomic E-state index is 12.3. The average molecular weight is 212 g/mol. The molecule has 0 rings (SSSR count). The van der Waals surface area contributed by atoms with Crippen molar-refractivity contribution in [2.75, 3.05) is 0 Å². The lowest BCUT2D eigenvalue weighted by Crippen LogP contribution is -2.23. The molecular formula is C9H15F3O2. The maximum Gasteiger partial charge on any atom is 0.391 e. The number of carboxylic acids is 1. The second kappa shape index (κ2) is 5.88. The molecule has 1 N–H and O–H groups in total. The highest BCUT2D eigenvalue weighted by atomic mass is 19.4. The molecule has 0 aromatic rings. The van der Waals surface area contributed by atoms with E-state index in [9.17, 15) is 18.0 Å². The van der Waals surface area contributed by atoms with Crippen LogP contribution in [-0.4, -0.2) is 17.3 Å². The molecule has 14 heavy (non-hydrogen) atoms. The lowest BCUT2D eigenvalue weighted by atomic mass is 9.96. The summed E-state index contributed by atoms with van der Waals surface area (Å²) in [5.41, 5.74) is 0. The van der Waals surface area contributed by atoms with Gasteiger partial charge in [-0.1, -0.05) is 19.8 Å². The molecule has 0 amide bonds. The number of hydrogen-bond acceptors (Lipinski definition) is 1. The quantitative estimate of drug-likeness (QED) is 0.733. The highest BCUT2D eigenvalue weighted by Gasteiger charge is 2.38. The van der Waals surface area contributed by atoms with Crippen molar-refractivity contribution in [1.29, 1.82) is 0 Å².